The zero-order valence-corrected chi connectivity index (χ0v) is 21.6. The van der Waals surface area contributed by atoms with E-state index in [4.69, 9.17) is 9.47 Å². The van der Waals surface area contributed by atoms with Crippen LogP contribution in [0.15, 0.2) is 90.1 Å². The van der Waals surface area contributed by atoms with Crippen molar-refractivity contribution in [2.24, 2.45) is 0 Å². The number of hydrogen-bond donors (Lipinski definition) is 3. The van der Waals surface area contributed by atoms with Crippen molar-refractivity contribution in [3.05, 3.63) is 96.3 Å². The van der Waals surface area contributed by atoms with Gasteiger partial charge in [-0.05, 0) is 30.7 Å². The molecule has 10 heteroatoms. The molecule has 196 valence electrons. The van der Waals surface area contributed by atoms with E-state index in [0.29, 0.717) is 18.1 Å². The lowest BCUT2D eigenvalue weighted by Gasteiger charge is -2.23. The molecule has 9 nitrogen and oxygen atoms in total. The molecule has 38 heavy (non-hydrogen) atoms. The SMILES string of the molecule is CCOC(=O)N1C=CN2c3cc(Oc4ccccc4CNC(=O)NC(CO)c4ccccc4)ccc3SC12. The van der Waals surface area contributed by atoms with Gasteiger partial charge in [0.25, 0.3) is 0 Å². The number of amides is 3. The van der Waals surface area contributed by atoms with Crippen LogP contribution in [0.1, 0.15) is 24.1 Å². The van der Waals surface area contributed by atoms with Crippen molar-refractivity contribution in [3.63, 3.8) is 0 Å². The Morgan fingerprint density at radius 2 is 1.84 bits per heavy atom. The van der Waals surface area contributed by atoms with Gasteiger partial charge in [0.2, 0.25) is 0 Å². The number of fused-ring (bicyclic) bond motifs is 3. The molecule has 5 rings (SSSR count). The van der Waals surface area contributed by atoms with Crippen LogP contribution in [-0.2, 0) is 11.3 Å². The number of rotatable bonds is 8. The average Bonchev–Trinajstić information content (AvgIpc) is 3.51. The number of benzene rings is 3. The maximum atomic E-state index is 12.6. The summed E-state index contributed by atoms with van der Waals surface area (Å²) in [6, 6.07) is 21.7. The predicted molar refractivity (Wildman–Crippen MR) is 145 cm³/mol. The standard InChI is InChI=1S/C28H28N4O5S/c1-2-36-28(35)32-15-14-31-23-16-21(12-13-25(23)38-27(31)32)37-24-11-7-6-10-20(24)17-29-26(34)30-22(18-33)19-8-4-3-5-9-19/h3-16,22,27,33H,2,17-18H2,1H3,(H2,29,30,34). The average molecular weight is 533 g/mol. The Labute approximate surface area is 225 Å². The number of ether oxygens (including phenoxy) is 2. The first-order chi connectivity index (χ1) is 18.6. The van der Waals surface area contributed by atoms with Crippen molar-refractivity contribution in [2.45, 2.75) is 29.9 Å². The highest BCUT2D eigenvalue weighted by Crippen LogP contribution is 2.49. The predicted octanol–water partition coefficient (Wildman–Crippen LogP) is 5.15. The smallest absolute Gasteiger partial charge is 0.416 e. The number of urea groups is 1. The van der Waals surface area contributed by atoms with Crippen LogP contribution in [0.4, 0.5) is 15.3 Å². The molecule has 2 atom stereocenters. The first-order valence-electron chi connectivity index (χ1n) is 12.3. The summed E-state index contributed by atoms with van der Waals surface area (Å²) < 4.78 is 11.4. The molecule has 3 aromatic rings. The number of nitrogens with zero attached hydrogens (tertiary/aromatic N) is 2. The maximum Gasteiger partial charge on any atom is 0.416 e. The van der Waals surface area contributed by atoms with Gasteiger partial charge in [0.15, 0.2) is 5.50 Å². The van der Waals surface area contributed by atoms with Crippen molar-refractivity contribution < 1.29 is 24.2 Å². The maximum absolute atomic E-state index is 12.6. The Kier molecular flexibility index (Phi) is 7.71. The van der Waals surface area contributed by atoms with Gasteiger partial charge in [-0.1, -0.05) is 60.3 Å². The van der Waals surface area contributed by atoms with E-state index in [1.54, 1.807) is 29.8 Å². The Hall–Kier alpha value is -4.15. The molecule has 0 saturated heterocycles. The van der Waals surface area contributed by atoms with Crippen molar-refractivity contribution in [2.75, 3.05) is 18.1 Å². The zero-order chi connectivity index (χ0) is 26.5. The van der Waals surface area contributed by atoms with Crippen molar-refractivity contribution in [1.82, 2.24) is 15.5 Å². The number of hydrogen-bond acceptors (Lipinski definition) is 7. The normalized spacial score (nSPS) is 16.0. The van der Waals surface area contributed by atoms with Gasteiger partial charge in [-0.15, -0.1) is 0 Å². The number of nitrogens with one attached hydrogen (secondary N) is 2. The first-order valence-corrected chi connectivity index (χ1v) is 13.1. The minimum atomic E-state index is -0.504. The summed E-state index contributed by atoms with van der Waals surface area (Å²) in [6.45, 7) is 2.13. The molecule has 2 aliphatic heterocycles. The van der Waals surface area contributed by atoms with E-state index < -0.39 is 12.1 Å². The third-order valence-electron chi connectivity index (χ3n) is 6.11. The van der Waals surface area contributed by atoms with Crippen LogP contribution in [0.3, 0.4) is 0 Å². The molecule has 3 N–H and O–H groups in total. The highest BCUT2D eigenvalue weighted by atomic mass is 32.2. The quantitative estimate of drug-likeness (QED) is 0.369. The van der Waals surface area contributed by atoms with E-state index in [1.807, 2.05) is 83.9 Å². The number of aliphatic hydroxyl groups is 1. The van der Waals surface area contributed by atoms with Gasteiger partial charge >= 0.3 is 12.1 Å². The van der Waals surface area contributed by atoms with Gasteiger partial charge in [-0.2, -0.15) is 0 Å². The molecule has 2 aliphatic rings. The third kappa shape index (κ3) is 5.41. The molecule has 0 radical (unpaired) electrons. The number of anilines is 1. The van der Waals surface area contributed by atoms with Gasteiger partial charge in [0, 0.05) is 35.5 Å². The molecule has 2 heterocycles. The number of para-hydroxylation sites is 1. The van der Waals surface area contributed by atoms with E-state index in [9.17, 15) is 14.7 Å². The van der Waals surface area contributed by atoms with Crippen LogP contribution in [0.2, 0.25) is 0 Å². The second kappa shape index (κ2) is 11.5. The molecule has 3 aromatic carbocycles. The molecule has 0 aliphatic carbocycles. The molecular formula is C28H28N4O5S. The molecule has 3 amide bonds. The summed E-state index contributed by atoms with van der Waals surface area (Å²) in [4.78, 5) is 29.4. The van der Waals surface area contributed by atoms with Crippen molar-refractivity contribution in [3.8, 4) is 11.5 Å². The Bertz CT molecular complexity index is 1340. The number of carbonyl (C=O) groups is 2. The second-order valence-corrected chi connectivity index (χ2v) is 9.67. The monoisotopic (exact) mass is 532 g/mol. The van der Waals surface area contributed by atoms with Gasteiger partial charge in [-0.3, -0.25) is 4.90 Å². The van der Waals surface area contributed by atoms with Crippen LogP contribution in [0.5, 0.6) is 11.5 Å². The van der Waals surface area contributed by atoms with Crippen molar-refractivity contribution in [1.29, 1.82) is 0 Å². The topological polar surface area (TPSA) is 103 Å². The van der Waals surface area contributed by atoms with Crippen LogP contribution in [0.25, 0.3) is 0 Å². The van der Waals surface area contributed by atoms with Crippen LogP contribution >= 0.6 is 11.8 Å². The molecule has 0 fully saturated rings. The molecule has 0 aromatic heterocycles. The summed E-state index contributed by atoms with van der Waals surface area (Å²) in [6.07, 6.45) is 3.19. The largest absolute Gasteiger partial charge is 0.457 e. The lowest BCUT2D eigenvalue weighted by molar-refractivity contribution is 0.122. The van der Waals surface area contributed by atoms with E-state index in [0.717, 1.165) is 21.7 Å². The van der Waals surface area contributed by atoms with E-state index in [2.05, 4.69) is 10.6 Å². The lowest BCUT2D eigenvalue weighted by Crippen LogP contribution is -2.38. The minimum Gasteiger partial charge on any atom is -0.457 e. The van der Waals surface area contributed by atoms with Gasteiger partial charge < -0.3 is 30.1 Å². The fraction of sp³-hybridized carbons (Fsp3) is 0.214. The fourth-order valence-electron chi connectivity index (χ4n) is 4.24. The number of aliphatic hydroxyl groups excluding tert-OH is 1. The number of carbonyl (C=O) groups excluding carboxylic acids is 2. The fourth-order valence-corrected chi connectivity index (χ4v) is 5.47. The minimum absolute atomic E-state index is 0.210. The third-order valence-corrected chi connectivity index (χ3v) is 7.38. The van der Waals surface area contributed by atoms with E-state index in [-0.39, 0.29) is 24.7 Å². The molecule has 0 spiro atoms. The Balaban J connectivity index is 1.23. The van der Waals surface area contributed by atoms with Gasteiger partial charge in [0.1, 0.15) is 11.5 Å². The van der Waals surface area contributed by atoms with E-state index >= 15 is 0 Å². The molecule has 0 bridgehead atoms. The zero-order valence-electron chi connectivity index (χ0n) is 20.7. The van der Waals surface area contributed by atoms with Gasteiger partial charge in [-0.25, -0.2) is 9.59 Å². The van der Waals surface area contributed by atoms with Crippen molar-refractivity contribution >= 4 is 29.6 Å². The highest BCUT2D eigenvalue weighted by molar-refractivity contribution is 8.00. The van der Waals surface area contributed by atoms with Crippen LogP contribution < -0.4 is 20.3 Å². The first kappa shape index (κ1) is 25.5. The van der Waals surface area contributed by atoms with Gasteiger partial charge in [0.05, 0.1) is 24.9 Å². The summed E-state index contributed by atoms with van der Waals surface area (Å²) in [5.41, 5.74) is 2.33. The van der Waals surface area contributed by atoms with Crippen LogP contribution in [0, 0.1) is 0 Å². The van der Waals surface area contributed by atoms with Crippen LogP contribution in [-0.4, -0.2) is 40.8 Å². The molecule has 2 unspecified atom stereocenters. The molecule has 0 saturated carbocycles. The lowest BCUT2D eigenvalue weighted by atomic mass is 10.1. The number of thioether (sulfide) groups is 1. The summed E-state index contributed by atoms with van der Waals surface area (Å²) in [5.74, 6) is 1.25. The van der Waals surface area contributed by atoms with E-state index in [1.165, 1.54) is 0 Å². The Morgan fingerprint density at radius 3 is 2.63 bits per heavy atom. The highest BCUT2D eigenvalue weighted by Gasteiger charge is 2.39. The summed E-state index contributed by atoms with van der Waals surface area (Å²) in [5, 5.41) is 15.4. The molecular weight excluding hydrogens is 504 g/mol. The summed E-state index contributed by atoms with van der Waals surface area (Å²) in [7, 11) is 0. The summed E-state index contributed by atoms with van der Waals surface area (Å²) >= 11 is 1.56. The Morgan fingerprint density at radius 1 is 1.05 bits per heavy atom. The second-order valence-electron chi connectivity index (χ2n) is 8.57.